The smallest absolute Gasteiger partial charge is 0.0594 e. The fourth-order valence-electron chi connectivity index (χ4n) is 4.31. The Morgan fingerprint density at radius 2 is 1.35 bits per heavy atom. The lowest BCUT2D eigenvalue weighted by Crippen LogP contribution is -2.31. The summed E-state index contributed by atoms with van der Waals surface area (Å²) in [6.07, 6.45) is 4.36. The third-order valence-corrected chi connectivity index (χ3v) is 6.80. The van der Waals surface area contributed by atoms with Crippen molar-refractivity contribution in [3.63, 3.8) is 0 Å². The average molecular weight is 446 g/mol. The first-order valence-electron chi connectivity index (χ1n) is 12.3. The summed E-state index contributed by atoms with van der Waals surface area (Å²) in [4.78, 5) is 0. The zero-order valence-corrected chi connectivity index (χ0v) is 20.8. The fourth-order valence-corrected chi connectivity index (χ4v) is 4.31. The largest absolute Gasteiger partial charge is 0.376 e. The molecule has 1 nitrogen and oxygen atoms in total. The van der Waals surface area contributed by atoms with Crippen LogP contribution in [0.4, 0.5) is 5.69 Å². The highest BCUT2D eigenvalue weighted by atomic mass is 15.0. The number of benzene rings is 4. The number of aryl methyl sites for hydroxylation is 2. The van der Waals surface area contributed by atoms with Crippen molar-refractivity contribution >= 4 is 17.3 Å². The standard InChI is InChI=1S/C33H35N/c1-5-26-16-22-31(23-17-26)34-33(4,6-2)30-20-14-27(15-21-30)24-32(28-10-8-7-9-11-28)29-18-12-25(3)13-19-29/h7-24,34H,5-6H2,1-4H3. The summed E-state index contributed by atoms with van der Waals surface area (Å²) >= 11 is 0. The lowest BCUT2D eigenvalue weighted by Gasteiger charge is -2.32. The summed E-state index contributed by atoms with van der Waals surface area (Å²) < 4.78 is 0. The van der Waals surface area contributed by atoms with Gasteiger partial charge in [-0.15, -0.1) is 0 Å². The van der Waals surface area contributed by atoms with Crippen LogP contribution in [0.25, 0.3) is 11.6 Å². The van der Waals surface area contributed by atoms with Crippen LogP contribution in [-0.4, -0.2) is 0 Å². The molecule has 34 heavy (non-hydrogen) atoms. The Kier molecular flexibility index (Phi) is 7.33. The van der Waals surface area contributed by atoms with Crippen LogP contribution in [0.15, 0.2) is 103 Å². The van der Waals surface area contributed by atoms with Crippen LogP contribution in [0.2, 0.25) is 0 Å². The maximum absolute atomic E-state index is 3.77. The molecular weight excluding hydrogens is 410 g/mol. The van der Waals surface area contributed by atoms with Crippen molar-refractivity contribution in [2.24, 2.45) is 0 Å². The monoisotopic (exact) mass is 445 g/mol. The first-order chi connectivity index (χ1) is 16.5. The van der Waals surface area contributed by atoms with Crippen molar-refractivity contribution in [3.05, 3.63) is 137 Å². The highest BCUT2D eigenvalue weighted by Crippen LogP contribution is 2.31. The number of rotatable bonds is 8. The molecule has 0 heterocycles. The molecule has 0 aliphatic rings. The van der Waals surface area contributed by atoms with Crippen LogP contribution in [-0.2, 0) is 12.0 Å². The Hall–Kier alpha value is -3.58. The number of nitrogens with one attached hydrogen (secondary N) is 1. The second-order valence-corrected chi connectivity index (χ2v) is 9.27. The van der Waals surface area contributed by atoms with Gasteiger partial charge in [0.25, 0.3) is 0 Å². The van der Waals surface area contributed by atoms with Gasteiger partial charge in [-0.05, 0) is 78.3 Å². The van der Waals surface area contributed by atoms with E-state index >= 15 is 0 Å². The zero-order chi connectivity index (χ0) is 24.0. The minimum atomic E-state index is -0.130. The molecule has 1 N–H and O–H groups in total. The molecule has 0 saturated heterocycles. The molecule has 4 aromatic rings. The molecule has 0 amide bonds. The van der Waals surface area contributed by atoms with Gasteiger partial charge in [-0.3, -0.25) is 0 Å². The van der Waals surface area contributed by atoms with E-state index in [4.69, 9.17) is 0 Å². The summed E-state index contributed by atoms with van der Waals surface area (Å²) in [5, 5.41) is 3.77. The number of hydrogen-bond donors (Lipinski definition) is 1. The molecule has 0 aromatic heterocycles. The molecule has 0 fully saturated rings. The van der Waals surface area contributed by atoms with Gasteiger partial charge in [-0.1, -0.05) is 110 Å². The molecule has 1 atom stereocenters. The van der Waals surface area contributed by atoms with Gasteiger partial charge in [0.2, 0.25) is 0 Å². The summed E-state index contributed by atoms with van der Waals surface area (Å²) in [7, 11) is 0. The van der Waals surface area contributed by atoms with Gasteiger partial charge in [-0.2, -0.15) is 0 Å². The van der Waals surface area contributed by atoms with Crippen LogP contribution in [0, 0.1) is 6.92 Å². The topological polar surface area (TPSA) is 12.0 Å². The first kappa shape index (κ1) is 23.6. The lowest BCUT2D eigenvalue weighted by molar-refractivity contribution is 0.523. The first-order valence-corrected chi connectivity index (χ1v) is 12.3. The van der Waals surface area contributed by atoms with Crippen LogP contribution in [0.3, 0.4) is 0 Å². The third-order valence-electron chi connectivity index (χ3n) is 6.80. The summed E-state index contributed by atoms with van der Waals surface area (Å²) in [5.41, 5.74) is 9.87. The zero-order valence-electron chi connectivity index (χ0n) is 20.8. The molecule has 0 saturated carbocycles. The van der Waals surface area contributed by atoms with Crippen molar-refractivity contribution in [2.75, 3.05) is 5.32 Å². The number of anilines is 1. The molecule has 0 radical (unpaired) electrons. The molecule has 1 heteroatoms. The van der Waals surface area contributed by atoms with Crippen molar-refractivity contribution in [1.82, 2.24) is 0 Å². The van der Waals surface area contributed by atoms with E-state index in [9.17, 15) is 0 Å². The SMILES string of the molecule is CCc1ccc(NC(C)(CC)c2ccc(C=C(c3ccccc3)c3ccc(C)cc3)cc2)cc1. The summed E-state index contributed by atoms with van der Waals surface area (Å²) in [6.45, 7) is 8.85. The molecule has 0 bridgehead atoms. The normalized spacial score (nSPS) is 13.4. The molecule has 0 aliphatic carbocycles. The molecular formula is C33H35N. The highest BCUT2D eigenvalue weighted by molar-refractivity contribution is 5.91. The van der Waals surface area contributed by atoms with Crippen LogP contribution < -0.4 is 5.32 Å². The lowest BCUT2D eigenvalue weighted by atomic mass is 9.87. The Bertz CT molecular complexity index is 1220. The summed E-state index contributed by atoms with van der Waals surface area (Å²) in [6, 6.07) is 37.2. The highest BCUT2D eigenvalue weighted by Gasteiger charge is 2.24. The minimum absolute atomic E-state index is 0.130. The third kappa shape index (κ3) is 5.48. The van der Waals surface area contributed by atoms with E-state index in [1.807, 2.05) is 0 Å². The van der Waals surface area contributed by atoms with E-state index in [0.717, 1.165) is 18.5 Å². The van der Waals surface area contributed by atoms with Gasteiger partial charge in [-0.25, -0.2) is 0 Å². The van der Waals surface area contributed by atoms with E-state index in [0.29, 0.717) is 0 Å². The molecule has 0 aliphatic heterocycles. The molecule has 1 unspecified atom stereocenters. The molecule has 0 spiro atoms. The van der Waals surface area contributed by atoms with E-state index in [-0.39, 0.29) is 5.54 Å². The molecule has 172 valence electrons. The van der Waals surface area contributed by atoms with Crippen molar-refractivity contribution in [3.8, 4) is 0 Å². The van der Waals surface area contributed by atoms with Crippen LogP contribution in [0.5, 0.6) is 0 Å². The Morgan fingerprint density at radius 1 is 0.735 bits per heavy atom. The number of hydrogen-bond acceptors (Lipinski definition) is 1. The van der Waals surface area contributed by atoms with E-state index < -0.39 is 0 Å². The van der Waals surface area contributed by atoms with Gasteiger partial charge in [0.15, 0.2) is 0 Å². The van der Waals surface area contributed by atoms with E-state index in [1.54, 1.807) is 0 Å². The second kappa shape index (κ2) is 10.6. The van der Waals surface area contributed by atoms with Crippen molar-refractivity contribution < 1.29 is 0 Å². The predicted molar refractivity (Wildman–Crippen MR) is 148 cm³/mol. The Balaban J connectivity index is 1.64. The maximum Gasteiger partial charge on any atom is 0.0594 e. The van der Waals surface area contributed by atoms with Crippen molar-refractivity contribution in [1.29, 1.82) is 0 Å². The van der Waals surface area contributed by atoms with Gasteiger partial charge >= 0.3 is 0 Å². The predicted octanol–water partition coefficient (Wildman–Crippen LogP) is 8.88. The molecule has 4 aromatic carbocycles. The van der Waals surface area contributed by atoms with Gasteiger partial charge in [0.05, 0.1) is 5.54 Å². The maximum atomic E-state index is 3.77. The van der Waals surface area contributed by atoms with Crippen molar-refractivity contribution in [2.45, 2.75) is 46.1 Å². The fraction of sp³-hybridized carbons (Fsp3) is 0.212. The van der Waals surface area contributed by atoms with Crippen LogP contribution in [0.1, 0.15) is 60.6 Å². The minimum Gasteiger partial charge on any atom is -0.376 e. The van der Waals surface area contributed by atoms with Gasteiger partial charge in [0.1, 0.15) is 0 Å². The quantitative estimate of drug-likeness (QED) is 0.267. The Labute approximate surface area is 205 Å². The van der Waals surface area contributed by atoms with Gasteiger partial charge in [0, 0.05) is 5.69 Å². The van der Waals surface area contributed by atoms with Gasteiger partial charge < -0.3 is 5.32 Å². The summed E-state index contributed by atoms with van der Waals surface area (Å²) in [5.74, 6) is 0. The second-order valence-electron chi connectivity index (χ2n) is 9.27. The Morgan fingerprint density at radius 3 is 1.94 bits per heavy atom. The average Bonchev–Trinajstić information content (AvgIpc) is 2.89. The van der Waals surface area contributed by atoms with Crippen LogP contribution >= 0.6 is 0 Å². The molecule has 4 rings (SSSR count). The van der Waals surface area contributed by atoms with E-state index in [2.05, 4.69) is 142 Å². The van der Waals surface area contributed by atoms with E-state index in [1.165, 1.54) is 39.0 Å².